The summed E-state index contributed by atoms with van der Waals surface area (Å²) in [6.45, 7) is 4.66. The summed E-state index contributed by atoms with van der Waals surface area (Å²) < 4.78 is 5.24. The largest absolute Gasteiger partial charge is 0.468 e. The molecule has 0 saturated carbocycles. The Balaban J connectivity index is 2.12. The van der Waals surface area contributed by atoms with Crippen LogP contribution >= 0.6 is 11.8 Å². The fourth-order valence-corrected chi connectivity index (χ4v) is 2.82. The van der Waals surface area contributed by atoms with E-state index in [-0.39, 0.29) is 10.6 Å². The molecule has 5 nitrogen and oxygen atoms in total. The molecule has 0 saturated heterocycles. The van der Waals surface area contributed by atoms with Crippen LogP contribution in [-0.2, 0) is 5.75 Å². The quantitative estimate of drug-likeness (QED) is 0.459. The van der Waals surface area contributed by atoms with Gasteiger partial charge in [-0.05, 0) is 31.0 Å². The van der Waals surface area contributed by atoms with Crippen LogP contribution < -0.4 is 5.32 Å². The summed E-state index contributed by atoms with van der Waals surface area (Å²) in [6.07, 6.45) is 2.58. The maximum Gasteiger partial charge on any atom is 0.292 e. The smallest absolute Gasteiger partial charge is 0.292 e. The van der Waals surface area contributed by atoms with Crippen LogP contribution in [0.2, 0.25) is 0 Å². The van der Waals surface area contributed by atoms with Gasteiger partial charge in [0, 0.05) is 23.3 Å². The van der Waals surface area contributed by atoms with Gasteiger partial charge in [0.25, 0.3) is 5.69 Å². The molecule has 1 N–H and O–H groups in total. The molecule has 6 heteroatoms. The van der Waals surface area contributed by atoms with Gasteiger partial charge in [0.05, 0.1) is 11.2 Å². The van der Waals surface area contributed by atoms with Crippen LogP contribution in [0.1, 0.15) is 24.7 Å². The monoisotopic (exact) mass is 306 g/mol. The fraction of sp³-hybridized carbons (Fsp3) is 0.333. The molecule has 0 aliphatic heterocycles. The van der Waals surface area contributed by atoms with Crippen LogP contribution in [0.5, 0.6) is 0 Å². The molecule has 0 bridgehead atoms. The molecule has 0 aliphatic rings. The van der Waals surface area contributed by atoms with Crippen molar-refractivity contribution in [1.29, 1.82) is 0 Å². The number of thioether (sulfide) groups is 1. The van der Waals surface area contributed by atoms with E-state index in [9.17, 15) is 10.1 Å². The third-order valence-electron chi connectivity index (χ3n) is 3.03. The first-order chi connectivity index (χ1) is 10.1. The zero-order chi connectivity index (χ0) is 15.2. The van der Waals surface area contributed by atoms with Crippen LogP contribution in [0, 0.1) is 17.0 Å². The third kappa shape index (κ3) is 4.01. The number of nitrogens with zero attached hydrogens (tertiary/aromatic N) is 1. The molecule has 0 radical (unpaired) electrons. The lowest BCUT2D eigenvalue weighted by Gasteiger charge is -2.07. The van der Waals surface area contributed by atoms with Gasteiger partial charge in [0.15, 0.2) is 0 Å². The Morgan fingerprint density at radius 1 is 1.38 bits per heavy atom. The highest BCUT2D eigenvalue weighted by molar-refractivity contribution is 7.98. The molecule has 1 aromatic heterocycles. The van der Waals surface area contributed by atoms with Crippen LogP contribution in [0.4, 0.5) is 11.4 Å². The Hall–Kier alpha value is -1.95. The van der Waals surface area contributed by atoms with Crippen molar-refractivity contribution in [2.24, 2.45) is 0 Å². The molecule has 2 rings (SSSR count). The summed E-state index contributed by atoms with van der Waals surface area (Å²) in [7, 11) is 0. The van der Waals surface area contributed by atoms with Crippen LogP contribution in [0.3, 0.4) is 0 Å². The summed E-state index contributed by atoms with van der Waals surface area (Å²) in [5.41, 5.74) is 1.63. The number of hydrogen-bond donors (Lipinski definition) is 1. The first-order valence-corrected chi connectivity index (χ1v) is 7.78. The van der Waals surface area contributed by atoms with Crippen molar-refractivity contribution in [2.45, 2.75) is 30.9 Å². The van der Waals surface area contributed by atoms with E-state index in [0.29, 0.717) is 11.4 Å². The Kier molecular flexibility index (Phi) is 5.27. The first-order valence-electron chi connectivity index (χ1n) is 6.80. The van der Waals surface area contributed by atoms with E-state index in [0.717, 1.165) is 29.2 Å². The highest BCUT2D eigenvalue weighted by Gasteiger charge is 2.14. The molecule has 2 aromatic rings. The van der Waals surface area contributed by atoms with Crippen LogP contribution in [0.15, 0.2) is 39.8 Å². The zero-order valence-electron chi connectivity index (χ0n) is 12.1. The third-order valence-corrected chi connectivity index (χ3v) is 4.24. The number of furan rings is 1. The van der Waals surface area contributed by atoms with Crippen molar-refractivity contribution >= 4 is 23.1 Å². The maximum absolute atomic E-state index is 11.2. The summed E-state index contributed by atoms with van der Waals surface area (Å²) in [6, 6.07) is 7.26. The summed E-state index contributed by atoms with van der Waals surface area (Å²) >= 11 is 1.61. The highest BCUT2D eigenvalue weighted by Crippen LogP contribution is 2.30. The summed E-state index contributed by atoms with van der Waals surface area (Å²) in [5.74, 6) is 1.55. The maximum atomic E-state index is 11.2. The number of anilines is 1. The lowest BCUT2D eigenvalue weighted by atomic mass is 10.2. The number of benzene rings is 1. The van der Waals surface area contributed by atoms with Gasteiger partial charge in [0.1, 0.15) is 11.4 Å². The lowest BCUT2D eigenvalue weighted by Crippen LogP contribution is -2.03. The Morgan fingerprint density at radius 3 is 2.81 bits per heavy atom. The van der Waals surface area contributed by atoms with E-state index in [1.807, 2.05) is 26.0 Å². The minimum atomic E-state index is -0.338. The van der Waals surface area contributed by atoms with E-state index in [1.165, 1.54) is 0 Å². The molecule has 0 amide bonds. The molecule has 0 spiro atoms. The van der Waals surface area contributed by atoms with Gasteiger partial charge in [-0.15, -0.1) is 11.8 Å². The van der Waals surface area contributed by atoms with E-state index in [2.05, 4.69) is 5.32 Å². The van der Waals surface area contributed by atoms with Crippen molar-refractivity contribution in [1.82, 2.24) is 0 Å². The van der Waals surface area contributed by atoms with Crippen molar-refractivity contribution in [3.05, 3.63) is 52.0 Å². The van der Waals surface area contributed by atoms with Crippen LogP contribution in [0.25, 0.3) is 0 Å². The standard InChI is InChI=1S/C15H18N2O3S/c1-3-7-16-13-5-4-12(9-14(13)17(18)19)10-21-15-6-8-20-11(15)2/h4-6,8-9,16H,3,7,10H2,1-2H3. The first kappa shape index (κ1) is 15.4. The zero-order valence-corrected chi connectivity index (χ0v) is 12.9. The number of aryl methyl sites for hydroxylation is 1. The topological polar surface area (TPSA) is 68.3 Å². The van der Waals surface area contributed by atoms with Gasteiger partial charge in [-0.3, -0.25) is 10.1 Å². The van der Waals surface area contributed by atoms with E-state index in [1.54, 1.807) is 30.2 Å². The second-order valence-electron chi connectivity index (χ2n) is 4.67. The highest BCUT2D eigenvalue weighted by atomic mass is 32.2. The lowest BCUT2D eigenvalue weighted by molar-refractivity contribution is -0.384. The molecular formula is C15H18N2O3S. The molecule has 0 atom stereocenters. The minimum absolute atomic E-state index is 0.130. The van der Waals surface area contributed by atoms with E-state index < -0.39 is 0 Å². The predicted octanol–water partition coefficient (Wildman–Crippen LogP) is 4.61. The number of nitro benzene ring substituents is 1. The molecule has 21 heavy (non-hydrogen) atoms. The molecule has 0 unspecified atom stereocenters. The van der Waals surface area contributed by atoms with Crippen molar-refractivity contribution in [3.8, 4) is 0 Å². The predicted molar refractivity (Wildman–Crippen MR) is 84.9 cm³/mol. The number of nitrogens with one attached hydrogen (secondary N) is 1. The average molecular weight is 306 g/mol. The van der Waals surface area contributed by atoms with Crippen molar-refractivity contribution < 1.29 is 9.34 Å². The second-order valence-corrected chi connectivity index (χ2v) is 5.68. The molecule has 0 aliphatic carbocycles. The minimum Gasteiger partial charge on any atom is -0.468 e. The normalized spacial score (nSPS) is 10.6. The van der Waals surface area contributed by atoms with Gasteiger partial charge in [-0.25, -0.2) is 0 Å². The van der Waals surface area contributed by atoms with Crippen molar-refractivity contribution in [3.63, 3.8) is 0 Å². The number of nitro groups is 1. The molecule has 1 heterocycles. The average Bonchev–Trinajstić information content (AvgIpc) is 2.88. The number of rotatable bonds is 7. The van der Waals surface area contributed by atoms with Gasteiger partial charge >= 0.3 is 0 Å². The summed E-state index contributed by atoms with van der Waals surface area (Å²) in [4.78, 5) is 11.9. The summed E-state index contributed by atoms with van der Waals surface area (Å²) in [5, 5.41) is 14.3. The Morgan fingerprint density at radius 2 is 2.19 bits per heavy atom. The van der Waals surface area contributed by atoms with Crippen LogP contribution in [-0.4, -0.2) is 11.5 Å². The SMILES string of the molecule is CCCNc1ccc(CSc2ccoc2C)cc1[N+](=O)[O-]. The molecule has 1 aromatic carbocycles. The van der Waals surface area contributed by atoms with Gasteiger partial charge in [-0.2, -0.15) is 0 Å². The second kappa shape index (κ2) is 7.17. The Bertz CT molecular complexity index is 625. The Labute approximate surface area is 127 Å². The van der Waals surface area contributed by atoms with Gasteiger partial charge in [0.2, 0.25) is 0 Å². The van der Waals surface area contributed by atoms with Gasteiger partial charge in [-0.1, -0.05) is 13.0 Å². The molecule has 0 fully saturated rings. The molecular weight excluding hydrogens is 288 g/mol. The molecule has 112 valence electrons. The van der Waals surface area contributed by atoms with E-state index >= 15 is 0 Å². The number of hydrogen-bond acceptors (Lipinski definition) is 5. The van der Waals surface area contributed by atoms with E-state index in [4.69, 9.17) is 4.42 Å². The van der Waals surface area contributed by atoms with Gasteiger partial charge < -0.3 is 9.73 Å². The fourth-order valence-electron chi connectivity index (χ4n) is 1.91. The van der Waals surface area contributed by atoms with Crippen molar-refractivity contribution in [2.75, 3.05) is 11.9 Å².